The minimum atomic E-state index is -0.112. The van der Waals surface area contributed by atoms with Gasteiger partial charge >= 0.3 is 0 Å². The number of carbonyl (C=O) groups is 1. The van der Waals surface area contributed by atoms with Crippen LogP contribution in [-0.4, -0.2) is 41.4 Å². The highest BCUT2D eigenvalue weighted by Crippen LogP contribution is 2.20. The highest BCUT2D eigenvalue weighted by molar-refractivity contribution is 9.10. The van der Waals surface area contributed by atoms with Crippen LogP contribution in [-0.2, 0) is 17.9 Å². The number of aromatic nitrogens is 6. The smallest absolute Gasteiger partial charge is 0.234 e. The predicted octanol–water partition coefficient (Wildman–Crippen LogP) is 3.75. The first-order chi connectivity index (χ1) is 14.6. The zero-order chi connectivity index (χ0) is 20.9. The molecule has 10 heteroatoms. The molecular weight excluding hydrogens is 466 g/mol. The first kappa shape index (κ1) is 20.3. The van der Waals surface area contributed by atoms with Gasteiger partial charge in [0, 0.05) is 16.7 Å². The molecule has 8 nitrogen and oxygen atoms in total. The van der Waals surface area contributed by atoms with Crippen LogP contribution in [0, 0.1) is 0 Å². The van der Waals surface area contributed by atoms with Crippen molar-refractivity contribution >= 4 is 50.3 Å². The van der Waals surface area contributed by atoms with Gasteiger partial charge in [0.2, 0.25) is 5.91 Å². The van der Waals surface area contributed by atoms with Crippen molar-refractivity contribution in [2.75, 3.05) is 11.1 Å². The number of allylic oxidation sites excluding steroid dienone is 1. The van der Waals surface area contributed by atoms with Gasteiger partial charge in [0.05, 0.1) is 11.3 Å². The fourth-order valence-corrected chi connectivity index (χ4v) is 3.91. The number of thioether (sulfide) groups is 1. The Morgan fingerprint density at radius 2 is 1.93 bits per heavy atom. The van der Waals surface area contributed by atoms with E-state index in [0.717, 1.165) is 27.0 Å². The third-order valence-electron chi connectivity index (χ3n) is 4.28. The zero-order valence-electron chi connectivity index (χ0n) is 15.9. The summed E-state index contributed by atoms with van der Waals surface area (Å²) in [5, 5.41) is 20.5. The van der Waals surface area contributed by atoms with Crippen molar-refractivity contribution in [2.24, 2.45) is 0 Å². The van der Waals surface area contributed by atoms with Crippen LogP contribution in [0.1, 0.15) is 5.82 Å². The average molecular weight is 484 g/mol. The van der Waals surface area contributed by atoms with E-state index in [-0.39, 0.29) is 11.7 Å². The molecule has 2 aromatic heterocycles. The summed E-state index contributed by atoms with van der Waals surface area (Å²) >= 11 is 4.71. The summed E-state index contributed by atoms with van der Waals surface area (Å²) in [4.78, 5) is 12.3. The molecule has 0 aliphatic heterocycles. The number of anilines is 1. The Bertz CT molecular complexity index is 1190. The van der Waals surface area contributed by atoms with E-state index in [0.29, 0.717) is 18.2 Å². The highest BCUT2D eigenvalue weighted by atomic mass is 79.9. The Morgan fingerprint density at radius 1 is 1.13 bits per heavy atom. The molecule has 4 aromatic rings. The fraction of sp³-hybridized carbons (Fsp3) is 0.150. The molecule has 1 N–H and O–H groups in total. The molecule has 152 valence electrons. The maximum Gasteiger partial charge on any atom is 0.234 e. The molecule has 0 aliphatic carbocycles. The largest absolute Gasteiger partial charge is 0.325 e. The molecule has 2 aromatic carbocycles. The topological polar surface area (TPSA) is 90.5 Å². The van der Waals surface area contributed by atoms with Gasteiger partial charge in [-0.25, -0.2) is 4.68 Å². The van der Waals surface area contributed by atoms with Crippen molar-refractivity contribution in [3.05, 3.63) is 71.5 Å². The molecule has 30 heavy (non-hydrogen) atoms. The van der Waals surface area contributed by atoms with Crippen molar-refractivity contribution in [2.45, 2.75) is 18.2 Å². The van der Waals surface area contributed by atoms with Gasteiger partial charge in [0.1, 0.15) is 12.1 Å². The Kier molecular flexibility index (Phi) is 6.24. The van der Waals surface area contributed by atoms with Crippen LogP contribution in [0.5, 0.6) is 0 Å². The highest BCUT2D eigenvalue weighted by Gasteiger charge is 2.15. The maximum absolute atomic E-state index is 12.3. The minimum Gasteiger partial charge on any atom is -0.325 e. The van der Waals surface area contributed by atoms with Gasteiger partial charge in [0.25, 0.3) is 0 Å². The van der Waals surface area contributed by atoms with Gasteiger partial charge in [-0.05, 0) is 36.4 Å². The molecule has 2 heterocycles. The Morgan fingerprint density at radius 3 is 2.73 bits per heavy atom. The van der Waals surface area contributed by atoms with Crippen LogP contribution in [0.25, 0.3) is 11.0 Å². The summed E-state index contributed by atoms with van der Waals surface area (Å²) in [6.45, 7) is 4.78. The van der Waals surface area contributed by atoms with Crippen LogP contribution in [0.2, 0.25) is 0 Å². The molecule has 1 amide bonds. The second-order valence-corrected chi connectivity index (χ2v) is 8.24. The predicted molar refractivity (Wildman–Crippen MR) is 120 cm³/mol. The number of carbonyl (C=O) groups excluding carboxylic acids is 1. The van der Waals surface area contributed by atoms with Gasteiger partial charge < -0.3 is 9.88 Å². The zero-order valence-corrected chi connectivity index (χ0v) is 18.3. The van der Waals surface area contributed by atoms with E-state index in [1.54, 1.807) is 10.8 Å². The van der Waals surface area contributed by atoms with E-state index in [4.69, 9.17) is 0 Å². The van der Waals surface area contributed by atoms with Crippen molar-refractivity contribution in [1.82, 2.24) is 29.8 Å². The lowest BCUT2D eigenvalue weighted by Crippen LogP contribution is -2.15. The summed E-state index contributed by atoms with van der Waals surface area (Å²) in [6.07, 6.45) is 1.78. The molecule has 0 saturated heterocycles. The third kappa shape index (κ3) is 4.60. The number of hydrogen-bond acceptors (Lipinski definition) is 6. The second kappa shape index (κ2) is 9.23. The van der Waals surface area contributed by atoms with Crippen molar-refractivity contribution in [3.8, 4) is 0 Å². The van der Waals surface area contributed by atoms with Gasteiger partial charge in [0.15, 0.2) is 11.0 Å². The molecule has 4 rings (SSSR count). The van der Waals surface area contributed by atoms with E-state index >= 15 is 0 Å². The lowest BCUT2D eigenvalue weighted by Gasteiger charge is -2.08. The molecule has 0 aliphatic rings. The number of rotatable bonds is 8. The van der Waals surface area contributed by atoms with E-state index in [2.05, 4.69) is 48.3 Å². The average Bonchev–Trinajstić information content (AvgIpc) is 3.33. The number of fused-ring (bicyclic) bond motifs is 1. The SMILES string of the molecule is C=CCn1c(Cn2nnc3ccccc32)nnc1SCC(=O)Nc1ccc(Br)cc1. The molecular formula is C20H18BrN7OS. The molecule has 0 saturated carbocycles. The normalized spacial score (nSPS) is 11.0. The summed E-state index contributed by atoms with van der Waals surface area (Å²) < 4.78 is 4.68. The summed E-state index contributed by atoms with van der Waals surface area (Å²) in [5.41, 5.74) is 2.50. The van der Waals surface area contributed by atoms with Crippen LogP contribution in [0.4, 0.5) is 5.69 Å². The van der Waals surface area contributed by atoms with E-state index in [1.165, 1.54) is 11.8 Å². The first-order valence-electron chi connectivity index (χ1n) is 9.13. The Hall–Kier alpha value is -2.98. The van der Waals surface area contributed by atoms with Crippen LogP contribution >= 0.6 is 27.7 Å². The summed E-state index contributed by atoms with van der Waals surface area (Å²) in [7, 11) is 0. The quantitative estimate of drug-likeness (QED) is 0.303. The molecule has 0 spiro atoms. The Balaban J connectivity index is 1.46. The van der Waals surface area contributed by atoms with Crippen LogP contribution in [0.15, 0.2) is 70.8 Å². The number of para-hydroxylation sites is 1. The first-order valence-corrected chi connectivity index (χ1v) is 10.9. The molecule has 0 bridgehead atoms. The maximum atomic E-state index is 12.3. The van der Waals surface area contributed by atoms with Gasteiger partial charge in [-0.15, -0.1) is 21.9 Å². The lowest BCUT2D eigenvalue weighted by molar-refractivity contribution is -0.113. The standard InChI is InChI=1S/C20H18BrN7OS/c1-2-11-27-18(12-28-17-6-4-3-5-16(17)23-26-28)24-25-20(27)30-13-19(29)22-15-9-7-14(21)8-10-15/h2-10H,1,11-13H2,(H,22,29). The monoisotopic (exact) mass is 483 g/mol. The number of halogens is 1. The fourth-order valence-electron chi connectivity index (χ4n) is 2.88. The number of hydrogen-bond donors (Lipinski definition) is 1. The van der Waals surface area contributed by atoms with Crippen molar-refractivity contribution in [3.63, 3.8) is 0 Å². The minimum absolute atomic E-state index is 0.112. The van der Waals surface area contributed by atoms with Gasteiger partial charge in [-0.1, -0.05) is 51.1 Å². The molecule has 0 fully saturated rings. The molecule has 0 unspecified atom stereocenters. The third-order valence-corrected chi connectivity index (χ3v) is 5.77. The van der Waals surface area contributed by atoms with Gasteiger partial charge in [-0.3, -0.25) is 4.79 Å². The number of benzene rings is 2. The number of amides is 1. The van der Waals surface area contributed by atoms with E-state index < -0.39 is 0 Å². The molecule has 0 radical (unpaired) electrons. The van der Waals surface area contributed by atoms with Crippen LogP contribution in [0.3, 0.4) is 0 Å². The lowest BCUT2D eigenvalue weighted by atomic mass is 10.3. The van der Waals surface area contributed by atoms with E-state index in [1.807, 2.05) is 53.1 Å². The molecule has 0 atom stereocenters. The van der Waals surface area contributed by atoms with Crippen LogP contribution < -0.4 is 5.32 Å². The summed E-state index contributed by atoms with van der Waals surface area (Å²) in [5.74, 6) is 0.832. The Labute approximate surface area is 185 Å². The second-order valence-electron chi connectivity index (χ2n) is 6.38. The van der Waals surface area contributed by atoms with Crippen molar-refractivity contribution < 1.29 is 4.79 Å². The number of nitrogens with zero attached hydrogens (tertiary/aromatic N) is 6. The number of nitrogens with one attached hydrogen (secondary N) is 1. The van der Waals surface area contributed by atoms with Crippen molar-refractivity contribution in [1.29, 1.82) is 0 Å². The summed E-state index contributed by atoms with van der Waals surface area (Å²) in [6, 6.07) is 15.2. The van der Waals surface area contributed by atoms with Gasteiger partial charge in [-0.2, -0.15) is 0 Å². The van der Waals surface area contributed by atoms with E-state index in [9.17, 15) is 4.79 Å².